The molecule has 0 saturated carbocycles. The molecular formula is C19H25N3O3. The van der Waals surface area contributed by atoms with Crippen molar-refractivity contribution in [3.05, 3.63) is 52.8 Å². The minimum absolute atomic E-state index is 0.117. The molecule has 1 atom stereocenters. The summed E-state index contributed by atoms with van der Waals surface area (Å²) in [4.78, 5) is 25.5. The molecule has 0 fully saturated rings. The Balaban J connectivity index is 2.02. The van der Waals surface area contributed by atoms with E-state index in [1.54, 1.807) is 14.0 Å². The molecule has 0 radical (unpaired) electrons. The van der Waals surface area contributed by atoms with Gasteiger partial charge in [-0.25, -0.2) is 0 Å². The van der Waals surface area contributed by atoms with E-state index in [-0.39, 0.29) is 17.8 Å². The summed E-state index contributed by atoms with van der Waals surface area (Å²) in [6.07, 6.45) is 0. The van der Waals surface area contributed by atoms with E-state index in [2.05, 4.69) is 5.10 Å². The average molecular weight is 343 g/mol. The molecule has 0 bridgehead atoms. The van der Waals surface area contributed by atoms with Gasteiger partial charge in [-0.05, 0) is 37.6 Å². The largest absolute Gasteiger partial charge is 0.469 e. The maximum atomic E-state index is 12.5. The van der Waals surface area contributed by atoms with E-state index in [0.29, 0.717) is 18.7 Å². The van der Waals surface area contributed by atoms with Gasteiger partial charge in [-0.2, -0.15) is 5.10 Å². The van der Waals surface area contributed by atoms with Crippen molar-refractivity contribution in [2.75, 3.05) is 20.7 Å². The zero-order chi connectivity index (χ0) is 18.6. The third kappa shape index (κ3) is 4.68. The summed E-state index contributed by atoms with van der Waals surface area (Å²) >= 11 is 0. The zero-order valence-electron chi connectivity index (χ0n) is 15.4. The number of rotatable bonds is 6. The van der Waals surface area contributed by atoms with Gasteiger partial charge >= 0.3 is 5.97 Å². The van der Waals surface area contributed by atoms with Crippen molar-refractivity contribution in [1.29, 1.82) is 0 Å². The molecule has 2 rings (SSSR count). The predicted octanol–water partition coefficient (Wildman–Crippen LogP) is 2.43. The molecule has 0 aliphatic heterocycles. The number of amides is 1. The van der Waals surface area contributed by atoms with Gasteiger partial charge < -0.3 is 9.64 Å². The zero-order valence-corrected chi connectivity index (χ0v) is 15.4. The summed E-state index contributed by atoms with van der Waals surface area (Å²) in [6.45, 7) is 6.72. The van der Waals surface area contributed by atoms with Crippen LogP contribution in [0.3, 0.4) is 0 Å². The number of ether oxygens (including phenoxy) is 1. The van der Waals surface area contributed by atoms with Gasteiger partial charge in [-0.1, -0.05) is 19.1 Å². The first-order valence-corrected chi connectivity index (χ1v) is 8.25. The summed E-state index contributed by atoms with van der Waals surface area (Å²) < 4.78 is 6.64. The molecule has 1 aromatic carbocycles. The highest BCUT2D eigenvalue weighted by molar-refractivity contribution is 5.94. The van der Waals surface area contributed by atoms with Crippen molar-refractivity contribution in [3.63, 3.8) is 0 Å². The highest BCUT2D eigenvalue weighted by atomic mass is 16.5. The third-order valence-corrected chi connectivity index (χ3v) is 4.13. The molecular weight excluding hydrogens is 318 g/mol. The fraction of sp³-hybridized carbons (Fsp3) is 0.421. The lowest BCUT2D eigenvalue weighted by Gasteiger charge is -2.20. The molecule has 0 spiro atoms. The summed E-state index contributed by atoms with van der Waals surface area (Å²) in [5.74, 6) is -0.794. The molecule has 25 heavy (non-hydrogen) atoms. The molecule has 1 amide bonds. The van der Waals surface area contributed by atoms with Crippen molar-refractivity contribution in [3.8, 4) is 0 Å². The van der Waals surface area contributed by atoms with E-state index in [9.17, 15) is 9.59 Å². The molecule has 0 aliphatic carbocycles. The normalized spacial score (nSPS) is 11.9. The Morgan fingerprint density at radius 2 is 1.88 bits per heavy atom. The van der Waals surface area contributed by atoms with Crippen molar-refractivity contribution in [2.45, 2.75) is 27.3 Å². The fourth-order valence-electron chi connectivity index (χ4n) is 2.75. The molecule has 1 heterocycles. The minimum atomic E-state index is -0.357. The summed E-state index contributed by atoms with van der Waals surface area (Å²) in [5.41, 5.74) is 3.77. The molecule has 6 heteroatoms. The molecule has 134 valence electrons. The molecule has 0 saturated heterocycles. The number of aromatic nitrogens is 2. The number of benzene rings is 1. The van der Waals surface area contributed by atoms with Gasteiger partial charge in [0, 0.05) is 24.8 Å². The van der Waals surface area contributed by atoms with Crippen LogP contribution in [0.4, 0.5) is 0 Å². The van der Waals surface area contributed by atoms with Crippen LogP contribution in [0.1, 0.15) is 34.2 Å². The smallest absolute Gasteiger partial charge is 0.310 e. The van der Waals surface area contributed by atoms with Gasteiger partial charge in [-0.15, -0.1) is 0 Å². The van der Waals surface area contributed by atoms with E-state index >= 15 is 0 Å². The number of aryl methyl sites for hydroxylation is 2. The maximum absolute atomic E-state index is 12.5. The number of hydrogen-bond donors (Lipinski definition) is 0. The monoisotopic (exact) mass is 343 g/mol. The molecule has 1 aromatic heterocycles. The van der Waals surface area contributed by atoms with E-state index in [4.69, 9.17) is 4.74 Å². The van der Waals surface area contributed by atoms with E-state index < -0.39 is 0 Å². The Morgan fingerprint density at radius 1 is 1.24 bits per heavy atom. The van der Waals surface area contributed by atoms with E-state index in [0.717, 1.165) is 17.0 Å². The maximum Gasteiger partial charge on any atom is 0.310 e. The highest BCUT2D eigenvalue weighted by Crippen LogP contribution is 2.11. The van der Waals surface area contributed by atoms with Gasteiger partial charge in [0.1, 0.15) is 0 Å². The average Bonchev–Trinajstić information content (AvgIpc) is 2.91. The van der Waals surface area contributed by atoms with Crippen LogP contribution in [-0.4, -0.2) is 47.3 Å². The lowest BCUT2D eigenvalue weighted by molar-refractivity contribution is -0.145. The van der Waals surface area contributed by atoms with Crippen LogP contribution in [0.2, 0.25) is 0 Å². The van der Waals surface area contributed by atoms with Gasteiger partial charge in [-0.3, -0.25) is 14.3 Å². The Labute approximate surface area is 148 Å². The summed E-state index contributed by atoms with van der Waals surface area (Å²) in [6, 6.07) is 9.52. The second kappa shape index (κ2) is 7.96. The van der Waals surface area contributed by atoms with Gasteiger partial charge in [0.2, 0.25) is 0 Å². The fourth-order valence-corrected chi connectivity index (χ4v) is 2.75. The van der Waals surface area contributed by atoms with Crippen LogP contribution in [0.25, 0.3) is 0 Å². The molecule has 2 aromatic rings. The molecule has 0 N–H and O–H groups in total. The Bertz CT molecular complexity index is 750. The van der Waals surface area contributed by atoms with Crippen LogP contribution in [0.15, 0.2) is 30.3 Å². The van der Waals surface area contributed by atoms with Crippen LogP contribution < -0.4 is 0 Å². The molecule has 1 unspecified atom stereocenters. The van der Waals surface area contributed by atoms with E-state index in [1.165, 1.54) is 12.0 Å². The molecule has 6 nitrogen and oxygen atoms in total. The van der Waals surface area contributed by atoms with Crippen LogP contribution >= 0.6 is 0 Å². The second-order valence-electron chi connectivity index (χ2n) is 6.39. The highest BCUT2D eigenvalue weighted by Gasteiger charge is 2.19. The summed E-state index contributed by atoms with van der Waals surface area (Å²) in [5, 5.41) is 4.45. The van der Waals surface area contributed by atoms with E-state index in [1.807, 2.05) is 48.9 Å². The van der Waals surface area contributed by atoms with Crippen LogP contribution in [-0.2, 0) is 16.1 Å². The number of esters is 1. The quantitative estimate of drug-likeness (QED) is 0.756. The first-order valence-electron chi connectivity index (χ1n) is 8.25. The van der Waals surface area contributed by atoms with Gasteiger partial charge in [0.15, 0.2) is 0 Å². The topological polar surface area (TPSA) is 64.4 Å². The van der Waals surface area contributed by atoms with Crippen molar-refractivity contribution in [1.82, 2.24) is 14.7 Å². The lowest BCUT2D eigenvalue weighted by Crippen LogP contribution is -2.34. The first-order chi connectivity index (χ1) is 11.8. The summed E-state index contributed by atoms with van der Waals surface area (Å²) in [7, 11) is 3.04. The standard InChI is InChI=1S/C19H25N3O3/c1-13(19(24)25-5)11-21(4)18(23)17-8-6-16(7-9-17)12-22-15(3)10-14(2)20-22/h6-10,13H,11-12H2,1-5H3. The van der Waals surface area contributed by atoms with Crippen molar-refractivity contribution >= 4 is 11.9 Å². The Morgan fingerprint density at radius 3 is 2.40 bits per heavy atom. The second-order valence-corrected chi connectivity index (χ2v) is 6.39. The number of hydrogen-bond acceptors (Lipinski definition) is 4. The Hall–Kier alpha value is -2.63. The predicted molar refractivity (Wildman–Crippen MR) is 95.4 cm³/mol. The number of nitrogens with zero attached hydrogens (tertiary/aromatic N) is 3. The van der Waals surface area contributed by atoms with Crippen molar-refractivity contribution < 1.29 is 14.3 Å². The Kier molecular flexibility index (Phi) is 5.96. The number of carbonyl (C=O) groups is 2. The molecule has 0 aliphatic rings. The van der Waals surface area contributed by atoms with Gasteiger partial charge in [0.05, 0.1) is 25.3 Å². The van der Waals surface area contributed by atoms with Crippen molar-refractivity contribution in [2.24, 2.45) is 5.92 Å². The van der Waals surface area contributed by atoms with Crippen LogP contribution in [0, 0.1) is 19.8 Å². The SMILES string of the molecule is COC(=O)C(C)CN(C)C(=O)c1ccc(Cn2nc(C)cc2C)cc1. The van der Waals surface area contributed by atoms with Crippen LogP contribution in [0.5, 0.6) is 0 Å². The van der Waals surface area contributed by atoms with Gasteiger partial charge in [0.25, 0.3) is 5.91 Å². The third-order valence-electron chi connectivity index (χ3n) is 4.13. The number of methoxy groups -OCH3 is 1. The lowest BCUT2D eigenvalue weighted by atomic mass is 10.1. The first kappa shape index (κ1) is 18.7. The minimum Gasteiger partial charge on any atom is -0.469 e. The number of carbonyl (C=O) groups excluding carboxylic acids is 2.